The van der Waals surface area contributed by atoms with Crippen LogP contribution in [0.25, 0.3) is 10.4 Å². The molecule has 2 heterocycles. The monoisotopic (exact) mass is 991 g/mol. The number of hydrogen-bond acceptors (Lipinski definition) is 12. The normalized spacial score (nSPS) is 26.8. The van der Waals surface area contributed by atoms with Gasteiger partial charge in [-0.1, -0.05) is 169 Å². The molecule has 12 atom stereocenters. The van der Waals surface area contributed by atoms with Gasteiger partial charge in [0.1, 0.15) is 66.7 Å². The third kappa shape index (κ3) is 13.6. The highest BCUT2D eigenvalue weighted by atomic mass is 16.8. The molecule has 0 bridgehead atoms. The molecule has 3 fully saturated rings. The molecule has 3 aliphatic rings. The minimum atomic E-state index is -1.27. The molecular weight excluding hydrogens is 927 g/mol. The summed E-state index contributed by atoms with van der Waals surface area (Å²) in [5, 5.41) is 4.45. The van der Waals surface area contributed by atoms with E-state index in [4.69, 9.17) is 52.1 Å². The van der Waals surface area contributed by atoms with Gasteiger partial charge in [-0.05, 0) is 71.8 Å². The predicted octanol–water partition coefficient (Wildman–Crippen LogP) is 11.0. The highest BCUT2D eigenvalue weighted by molar-refractivity contribution is 5.27. The maximum atomic E-state index is 10.5. The van der Waals surface area contributed by atoms with E-state index < -0.39 is 79.2 Å². The number of ether oxygens (including phenoxy) is 11. The van der Waals surface area contributed by atoms with E-state index >= 15 is 0 Å². The number of benzene rings is 6. The highest BCUT2D eigenvalue weighted by Crippen LogP contribution is 2.45. The first-order valence-corrected chi connectivity index (χ1v) is 25.0. The molecule has 1 saturated carbocycles. The third-order valence-corrected chi connectivity index (χ3v) is 13.4. The van der Waals surface area contributed by atoms with Crippen LogP contribution in [0.15, 0.2) is 181 Å². The van der Waals surface area contributed by atoms with Gasteiger partial charge in [-0.3, -0.25) is 0 Å². The molecule has 0 unspecified atom stereocenters. The van der Waals surface area contributed by atoms with Crippen molar-refractivity contribution < 1.29 is 52.1 Å². The average molecular weight is 992 g/mol. The lowest BCUT2D eigenvalue weighted by Gasteiger charge is -2.50. The van der Waals surface area contributed by atoms with Crippen molar-refractivity contribution in [3.05, 3.63) is 220 Å². The smallest absolute Gasteiger partial charge is 0.169 e. The Morgan fingerprint density at radius 1 is 0.534 bits per heavy atom. The van der Waals surface area contributed by atoms with Crippen LogP contribution < -0.4 is 4.74 Å². The van der Waals surface area contributed by atoms with Gasteiger partial charge in [0.05, 0.1) is 52.9 Å². The van der Waals surface area contributed by atoms with E-state index in [2.05, 4.69) is 10.0 Å². The molecule has 2 aliphatic heterocycles. The quantitative estimate of drug-likeness (QED) is 0.0343. The van der Waals surface area contributed by atoms with Crippen LogP contribution >= 0.6 is 0 Å². The summed E-state index contributed by atoms with van der Waals surface area (Å²) in [6.45, 7) is 6.94. The molecular formula is C59H65N3O11. The second-order valence-corrected chi connectivity index (χ2v) is 19.0. The largest absolute Gasteiger partial charge is 0.497 e. The molecule has 0 N–H and O–H groups in total. The van der Waals surface area contributed by atoms with Gasteiger partial charge < -0.3 is 52.1 Å². The fourth-order valence-corrected chi connectivity index (χ4v) is 9.75. The lowest BCUT2D eigenvalue weighted by atomic mass is 9.83. The van der Waals surface area contributed by atoms with Crippen molar-refractivity contribution in [3.63, 3.8) is 0 Å². The van der Waals surface area contributed by atoms with E-state index in [1.165, 1.54) is 0 Å². The van der Waals surface area contributed by atoms with Gasteiger partial charge in [0.25, 0.3) is 0 Å². The Kier molecular flexibility index (Phi) is 18.0. The Morgan fingerprint density at radius 2 is 0.973 bits per heavy atom. The van der Waals surface area contributed by atoms with Crippen molar-refractivity contribution in [2.45, 2.75) is 133 Å². The number of azide groups is 1. The number of nitrogens with zero attached hydrogens (tertiary/aromatic N) is 3. The molecule has 6 aromatic rings. The SMILES string of the molecule is COc1ccc(CO[C@H]2[C@H](O[C@H]3O[C@H](COCc4ccccc4)[C@@H](OCc4ccccc4)[C@H](OCc4ccccc4)[C@H]3N=[N+]=[N-])[C@@H](O[C@H](C)c3ccccc3)[C@H](OCc3ccccc3)[C@H]3OC(C)(C)O[C@@H]23)cc1. The van der Waals surface area contributed by atoms with Crippen LogP contribution in [0, 0.1) is 0 Å². The summed E-state index contributed by atoms with van der Waals surface area (Å²) in [5.41, 5.74) is 16.1. The average Bonchev–Trinajstić information content (AvgIpc) is 3.76. The molecule has 1 aliphatic carbocycles. The standard InChI is InChI=1S/C59H65N3O11/c1-40(46-28-18-9-19-29-46)69-54-52(67-37-44-26-16-8-17-27-44)56-57(73-59(2,3)72-56)53(68-38-45-30-32-47(63-4)33-31-45)55(54)71-58-49(61-62-60)51(66-36-43-24-14-7-15-25-43)50(65-35-42-22-12-6-13-23-42)48(70-58)39-64-34-41-20-10-5-11-21-41/h5-33,40,48-58H,34-39H2,1-4H3/t40-,48-,49-,50-,51-,52+,53+,54+,55+,56-,57+,58-/m1/s1. The third-order valence-electron chi connectivity index (χ3n) is 13.4. The second-order valence-electron chi connectivity index (χ2n) is 19.0. The second kappa shape index (κ2) is 25.3. The van der Waals surface area contributed by atoms with Gasteiger partial charge in [-0.25, -0.2) is 0 Å². The topological polar surface area (TPSA) is 150 Å². The van der Waals surface area contributed by atoms with Crippen molar-refractivity contribution >= 4 is 0 Å². The molecule has 73 heavy (non-hydrogen) atoms. The van der Waals surface area contributed by atoms with Gasteiger partial charge in [-0.15, -0.1) is 0 Å². The molecule has 0 radical (unpaired) electrons. The van der Waals surface area contributed by atoms with Crippen molar-refractivity contribution in [3.8, 4) is 5.75 Å². The van der Waals surface area contributed by atoms with Gasteiger partial charge in [0.2, 0.25) is 0 Å². The maximum Gasteiger partial charge on any atom is 0.169 e. The lowest BCUT2D eigenvalue weighted by Crippen LogP contribution is -2.68. The number of fused-ring (bicyclic) bond motifs is 1. The van der Waals surface area contributed by atoms with Crippen molar-refractivity contribution in [2.24, 2.45) is 5.11 Å². The summed E-state index contributed by atoms with van der Waals surface area (Å²) < 4.78 is 75.3. The summed E-state index contributed by atoms with van der Waals surface area (Å²) in [7, 11) is 1.63. The summed E-state index contributed by atoms with van der Waals surface area (Å²) in [6.07, 6.45) is -9.18. The fraction of sp³-hybridized carbons (Fsp3) is 0.390. The number of methoxy groups -OCH3 is 1. The van der Waals surface area contributed by atoms with Crippen LogP contribution in [0.4, 0.5) is 0 Å². The molecule has 0 spiro atoms. The van der Waals surface area contributed by atoms with Gasteiger partial charge in [-0.2, -0.15) is 0 Å². The molecule has 14 heteroatoms. The van der Waals surface area contributed by atoms with Crippen LogP contribution in [0.5, 0.6) is 5.75 Å². The van der Waals surface area contributed by atoms with Gasteiger partial charge in [0.15, 0.2) is 12.1 Å². The Bertz CT molecular complexity index is 2610. The Morgan fingerprint density at radius 3 is 1.47 bits per heavy atom. The van der Waals surface area contributed by atoms with Crippen molar-refractivity contribution in [1.29, 1.82) is 0 Å². The number of rotatable bonds is 23. The zero-order valence-corrected chi connectivity index (χ0v) is 41.7. The van der Waals surface area contributed by atoms with Crippen molar-refractivity contribution in [1.82, 2.24) is 0 Å². The Labute approximate surface area is 427 Å². The van der Waals surface area contributed by atoms with Crippen LogP contribution in [-0.2, 0) is 80.4 Å². The zero-order valence-electron chi connectivity index (χ0n) is 41.7. The molecule has 0 amide bonds. The molecule has 9 rings (SSSR count). The Hall–Kier alpha value is -5.97. The summed E-state index contributed by atoms with van der Waals surface area (Å²) in [5.74, 6) is -0.333. The van der Waals surface area contributed by atoms with Gasteiger partial charge >= 0.3 is 0 Å². The van der Waals surface area contributed by atoms with E-state index in [9.17, 15) is 5.53 Å². The summed E-state index contributed by atoms with van der Waals surface area (Å²) in [6, 6.07) is 56.1. The lowest BCUT2D eigenvalue weighted by molar-refractivity contribution is -0.332. The van der Waals surface area contributed by atoms with Crippen LogP contribution in [-0.4, -0.2) is 86.8 Å². The van der Waals surface area contributed by atoms with Crippen LogP contribution in [0.2, 0.25) is 0 Å². The van der Waals surface area contributed by atoms with E-state index in [-0.39, 0.29) is 33.0 Å². The van der Waals surface area contributed by atoms with Crippen molar-refractivity contribution in [2.75, 3.05) is 13.7 Å². The van der Waals surface area contributed by atoms with Crippen LogP contribution in [0.1, 0.15) is 60.3 Å². The highest BCUT2D eigenvalue weighted by Gasteiger charge is 2.62. The molecule has 6 aromatic carbocycles. The first kappa shape index (κ1) is 51.9. The van der Waals surface area contributed by atoms with E-state index in [1.807, 2.05) is 197 Å². The molecule has 0 aromatic heterocycles. The van der Waals surface area contributed by atoms with E-state index in [1.54, 1.807) is 7.11 Å². The number of hydrogen-bond donors (Lipinski definition) is 0. The molecule has 382 valence electrons. The first-order chi connectivity index (χ1) is 35.7. The zero-order chi connectivity index (χ0) is 50.4. The summed E-state index contributed by atoms with van der Waals surface area (Å²) >= 11 is 0. The predicted molar refractivity (Wildman–Crippen MR) is 273 cm³/mol. The van der Waals surface area contributed by atoms with E-state index in [0.29, 0.717) is 6.61 Å². The van der Waals surface area contributed by atoms with Gasteiger partial charge in [0, 0.05) is 4.91 Å². The molecule has 14 nitrogen and oxygen atoms in total. The summed E-state index contributed by atoms with van der Waals surface area (Å²) in [4.78, 5) is 3.41. The minimum absolute atomic E-state index is 0.0775. The molecule has 2 saturated heterocycles. The first-order valence-electron chi connectivity index (χ1n) is 25.0. The van der Waals surface area contributed by atoms with E-state index in [0.717, 1.165) is 39.1 Å². The minimum Gasteiger partial charge on any atom is -0.497 e. The van der Waals surface area contributed by atoms with Crippen LogP contribution in [0.3, 0.4) is 0 Å². The fourth-order valence-electron chi connectivity index (χ4n) is 9.75. The maximum absolute atomic E-state index is 10.5. The Balaban J connectivity index is 1.13.